The number of anilines is 1. The highest BCUT2D eigenvalue weighted by atomic mass is 19.1. The van der Waals surface area contributed by atoms with Crippen LogP contribution in [0.2, 0.25) is 0 Å². The zero-order chi connectivity index (χ0) is 15.5. The molecule has 1 N–H and O–H groups in total. The number of benzene rings is 1. The van der Waals surface area contributed by atoms with Crippen LogP contribution in [0.25, 0.3) is 0 Å². The normalized spacial score (nSPS) is 19.9. The maximum absolute atomic E-state index is 14.4. The van der Waals surface area contributed by atoms with Crippen molar-refractivity contribution in [3.05, 3.63) is 29.6 Å². The van der Waals surface area contributed by atoms with Crippen molar-refractivity contribution >= 4 is 5.69 Å². The summed E-state index contributed by atoms with van der Waals surface area (Å²) in [4.78, 5) is 2.13. The van der Waals surface area contributed by atoms with Gasteiger partial charge >= 0.3 is 0 Å². The van der Waals surface area contributed by atoms with Gasteiger partial charge in [-0.3, -0.25) is 0 Å². The number of rotatable bonds is 4. The number of ether oxygens (including phenoxy) is 1. The molecule has 118 valence electrons. The molecule has 0 spiro atoms. The highest BCUT2D eigenvalue weighted by molar-refractivity contribution is 5.55. The lowest BCUT2D eigenvalue weighted by Gasteiger charge is -2.35. The van der Waals surface area contributed by atoms with Gasteiger partial charge in [0.2, 0.25) is 0 Å². The number of nitrogens with one attached hydrogen (secondary N) is 1. The van der Waals surface area contributed by atoms with Crippen LogP contribution in [-0.2, 0) is 11.3 Å². The Morgan fingerprint density at radius 2 is 2.14 bits per heavy atom. The number of hydrogen-bond donors (Lipinski definition) is 1. The van der Waals surface area contributed by atoms with Gasteiger partial charge in [0.15, 0.2) is 0 Å². The third-order valence-electron chi connectivity index (χ3n) is 3.79. The first-order valence-electron chi connectivity index (χ1n) is 7.79. The van der Waals surface area contributed by atoms with E-state index in [-0.39, 0.29) is 17.5 Å². The lowest BCUT2D eigenvalue weighted by atomic mass is 10.1. The van der Waals surface area contributed by atoms with Crippen LogP contribution >= 0.6 is 0 Å². The molecule has 2 rings (SSSR count). The molecule has 0 aromatic heterocycles. The van der Waals surface area contributed by atoms with Crippen molar-refractivity contribution in [1.82, 2.24) is 5.32 Å². The van der Waals surface area contributed by atoms with Gasteiger partial charge in [-0.05, 0) is 38.8 Å². The predicted octanol–water partition coefficient (Wildman–Crippen LogP) is 3.33. The number of morpholine rings is 1. The second kappa shape index (κ2) is 6.75. The van der Waals surface area contributed by atoms with Crippen LogP contribution in [0, 0.1) is 5.82 Å². The summed E-state index contributed by atoms with van der Waals surface area (Å²) in [6, 6.07) is 5.34. The van der Waals surface area contributed by atoms with E-state index in [4.69, 9.17) is 4.74 Å². The van der Waals surface area contributed by atoms with Gasteiger partial charge in [-0.2, -0.15) is 0 Å². The van der Waals surface area contributed by atoms with E-state index in [1.807, 2.05) is 6.07 Å². The molecule has 1 aromatic rings. The topological polar surface area (TPSA) is 24.5 Å². The minimum absolute atomic E-state index is 0.0144. The zero-order valence-corrected chi connectivity index (χ0v) is 13.6. The van der Waals surface area contributed by atoms with Gasteiger partial charge in [-0.25, -0.2) is 4.39 Å². The molecule has 0 radical (unpaired) electrons. The molecule has 21 heavy (non-hydrogen) atoms. The Labute approximate surface area is 127 Å². The van der Waals surface area contributed by atoms with Gasteiger partial charge in [-0.15, -0.1) is 0 Å². The number of nitrogens with zero attached hydrogens (tertiary/aromatic N) is 1. The van der Waals surface area contributed by atoms with Crippen molar-refractivity contribution in [3.63, 3.8) is 0 Å². The fourth-order valence-corrected chi connectivity index (χ4v) is 2.59. The Bertz CT molecular complexity index is 470. The summed E-state index contributed by atoms with van der Waals surface area (Å²) in [5.41, 5.74) is 1.76. The van der Waals surface area contributed by atoms with E-state index >= 15 is 0 Å². The zero-order valence-electron chi connectivity index (χ0n) is 13.6. The van der Waals surface area contributed by atoms with Gasteiger partial charge in [0.05, 0.1) is 18.4 Å². The Balaban J connectivity index is 2.21. The molecular formula is C17H27FN2O. The number of hydrogen-bond acceptors (Lipinski definition) is 3. The SMILES string of the molecule is CCC1CN(c2c(F)cccc2CNC(C)(C)C)CCO1. The number of para-hydroxylation sites is 1. The van der Waals surface area contributed by atoms with Crippen LogP contribution < -0.4 is 10.2 Å². The predicted molar refractivity (Wildman–Crippen MR) is 85.2 cm³/mol. The van der Waals surface area contributed by atoms with E-state index in [0.29, 0.717) is 13.2 Å². The molecule has 1 fully saturated rings. The minimum Gasteiger partial charge on any atom is -0.375 e. The molecule has 1 unspecified atom stereocenters. The summed E-state index contributed by atoms with van der Waals surface area (Å²) >= 11 is 0. The maximum Gasteiger partial charge on any atom is 0.146 e. The fourth-order valence-electron chi connectivity index (χ4n) is 2.59. The molecule has 1 heterocycles. The minimum atomic E-state index is -0.139. The van der Waals surface area contributed by atoms with E-state index in [0.717, 1.165) is 30.8 Å². The third-order valence-corrected chi connectivity index (χ3v) is 3.79. The quantitative estimate of drug-likeness (QED) is 0.922. The summed E-state index contributed by atoms with van der Waals surface area (Å²) in [5.74, 6) is -0.139. The Morgan fingerprint density at radius 3 is 2.81 bits per heavy atom. The van der Waals surface area contributed by atoms with Crippen LogP contribution in [0.1, 0.15) is 39.7 Å². The molecule has 1 aliphatic heterocycles. The summed E-state index contributed by atoms with van der Waals surface area (Å²) < 4.78 is 20.1. The van der Waals surface area contributed by atoms with Gasteiger partial charge in [-0.1, -0.05) is 19.1 Å². The first kappa shape index (κ1) is 16.2. The van der Waals surface area contributed by atoms with Crippen molar-refractivity contribution < 1.29 is 9.13 Å². The van der Waals surface area contributed by atoms with Crippen molar-refractivity contribution in [1.29, 1.82) is 0 Å². The first-order valence-corrected chi connectivity index (χ1v) is 7.79. The van der Waals surface area contributed by atoms with E-state index in [9.17, 15) is 4.39 Å². The van der Waals surface area contributed by atoms with Crippen LogP contribution in [-0.4, -0.2) is 31.3 Å². The monoisotopic (exact) mass is 294 g/mol. The van der Waals surface area contributed by atoms with Crippen molar-refractivity contribution in [2.45, 2.75) is 52.3 Å². The van der Waals surface area contributed by atoms with Gasteiger partial charge < -0.3 is 15.0 Å². The standard InChI is InChI=1S/C17H27FN2O/c1-5-14-12-20(9-10-21-14)16-13(7-6-8-15(16)18)11-19-17(2,3)4/h6-8,14,19H,5,9-12H2,1-4H3. The fraction of sp³-hybridized carbons (Fsp3) is 0.647. The molecule has 0 aliphatic carbocycles. The van der Waals surface area contributed by atoms with E-state index in [2.05, 4.69) is 37.9 Å². The van der Waals surface area contributed by atoms with Crippen molar-refractivity contribution in [2.75, 3.05) is 24.6 Å². The lowest BCUT2D eigenvalue weighted by molar-refractivity contribution is 0.0381. The first-order chi connectivity index (χ1) is 9.90. The molecule has 1 saturated heterocycles. The van der Waals surface area contributed by atoms with Crippen molar-refractivity contribution in [2.24, 2.45) is 0 Å². The van der Waals surface area contributed by atoms with Crippen molar-refractivity contribution in [3.8, 4) is 0 Å². The average molecular weight is 294 g/mol. The van der Waals surface area contributed by atoms with Gasteiger partial charge in [0.25, 0.3) is 0 Å². The lowest BCUT2D eigenvalue weighted by Crippen LogP contribution is -2.43. The second-order valence-corrected chi connectivity index (χ2v) is 6.70. The van der Waals surface area contributed by atoms with E-state index < -0.39 is 0 Å². The summed E-state index contributed by atoms with van der Waals surface area (Å²) in [5, 5.41) is 3.45. The summed E-state index contributed by atoms with van der Waals surface area (Å²) in [6.07, 6.45) is 1.15. The molecule has 1 atom stereocenters. The maximum atomic E-state index is 14.4. The molecule has 4 heteroatoms. The summed E-state index contributed by atoms with van der Waals surface area (Å²) in [7, 11) is 0. The average Bonchev–Trinajstić information content (AvgIpc) is 2.44. The Kier molecular flexibility index (Phi) is 5.22. The second-order valence-electron chi connectivity index (χ2n) is 6.70. The highest BCUT2D eigenvalue weighted by Gasteiger charge is 2.24. The van der Waals surface area contributed by atoms with Crippen LogP contribution in [0.5, 0.6) is 0 Å². The molecular weight excluding hydrogens is 267 g/mol. The van der Waals surface area contributed by atoms with E-state index in [1.54, 1.807) is 12.1 Å². The third kappa shape index (κ3) is 4.42. The highest BCUT2D eigenvalue weighted by Crippen LogP contribution is 2.27. The molecule has 3 nitrogen and oxygen atoms in total. The molecule has 1 aromatic carbocycles. The largest absolute Gasteiger partial charge is 0.375 e. The van der Waals surface area contributed by atoms with Crippen LogP contribution in [0.3, 0.4) is 0 Å². The van der Waals surface area contributed by atoms with E-state index in [1.165, 1.54) is 0 Å². The molecule has 1 aliphatic rings. The number of halogens is 1. The van der Waals surface area contributed by atoms with Gasteiger partial charge in [0.1, 0.15) is 5.82 Å². The summed E-state index contributed by atoms with van der Waals surface area (Å²) in [6.45, 7) is 11.3. The van der Waals surface area contributed by atoms with Gasteiger partial charge in [0, 0.05) is 25.2 Å². The Hall–Kier alpha value is -1.13. The molecule has 0 bridgehead atoms. The molecule has 0 amide bonds. The smallest absolute Gasteiger partial charge is 0.146 e. The molecule has 0 saturated carbocycles. The Morgan fingerprint density at radius 1 is 1.38 bits per heavy atom. The van der Waals surface area contributed by atoms with Crippen LogP contribution in [0.15, 0.2) is 18.2 Å². The van der Waals surface area contributed by atoms with Crippen LogP contribution in [0.4, 0.5) is 10.1 Å².